The molecule has 1 amide bonds. The summed E-state index contributed by atoms with van der Waals surface area (Å²) in [5.41, 5.74) is 1.19. The Balaban J connectivity index is 1.73. The van der Waals surface area contributed by atoms with E-state index in [1.807, 2.05) is 17.5 Å². The summed E-state index contributed by atoms with van der Waals surface area (Å²) < 4.78 is 16.0. The molecule has 0 saturated carbocycles. The van der Waals surface area contributed by atoms with Crippen molar-refractivity contribution < 1.29 is 19.0 Å². The molecule has 0 fully saturated rings. The molecule has 136 valence electrons. The van der Waals surface area contributed by atoms with Crippen molar-refractivity contribution in [2.24, 2.45) is 0 Å². The van der Waals surface area contributed by atoms with Crippen LogP contribution in [0.1, 0.15) is 16.1 Å². The van der Waals surface area contributed by atoms with Gasteiger partial charge in [0.15, 0.2) is 11.5 Å². The van der Waals surface area contributed by atoms with Crippen molar-refractivity contribution in [3.8, 4) is 27.1 Å². The molecular formula is C18H18N2O4S2. The Morgan fingerprint density at radius 2 is 1.81 bits per heavy atom. The van der Waals surface area contributed by atoms with Crippen molar-refractivity contribution in [2.75, 3.05) is 21.3 Å². The van der Waals surface area contributed by atoms with Gasteiger partial charge in [-0.2, -0.15) is 0 Å². The number of amides is 1. The Bertz CT molecular complexity index is 891. The molecule has 3 rings (SSSR count). The molecule has 0 aliphatic carbocycles. The first-order valence-electron chi connectivity index (χ1n) is 7.72. The molecule has 3 aromatic rings. The van der Waals surface area contributed by atoms with Gasteiger partial charge < -0.3 is 19.5 Å². The average molecular weight is 390 g/mol. The monoisotopic (exact) mass is 390 g/mol. The van der Waals surface area contributed by atoms with Gasteiger partial charge in [-0.05, 0) is 17.5 Å². The minimum Gasteiger partial charge on any atom is -0.496 e. The topological polar surface area (TPSA) is 69.7 Å². The summed E-state index contributed by atoms with van der Waals surface area (Å²) in [5.74, 6) is 1.52. The highest BCUT2D eigenvalue weighted by Gasteiger charge is 2.15. The summed E-state index contributed by atoms with van der Waals surface area (Å²) in [7, 11) is 4.69. The number of carbonyl (C=O) groups is 1. The number of nitrogens with one attached hydrogen (secondary N) is 1. The lowest BCUT2D eigenvalue weighted by atomic mass is 10.1. The molecule has 0 radical (unpaired) electrons. The normalized spacial score (nSPS) is 10.4. The molecule has 1 aromatic carbocycles. The van der Waals surface area contributed by atoms with E-state index in [0.29, 0.717) is 22.9 Å². The van der Waals surface area contributed by atoms with E-state index in [0.717, 1.165) is 15.4 Å². The van der Waals surface area contributed by atoms with Gasteiger partial charge in [0.2, 0.25) is 0 Å². The fourth-order valence-electron chi connectivity index (χ4n) is 2.39. The van der Waals surface area contributed by atoms with Crippen LogP contribution in [-0.4, -0.2) is 32.2 Å². The molecule has 0 aliphatic rings. The van der Waals surface area contributed by atoms with Gasteiger partial charge in [0.25, 0.3) is 5.91 Å². The summed E-state index contributed by atoms with van der Waals surface area (Å²) in [6, 6.07) is 7.47. The molecule has 0 atom stereocenters. The lowest BCUT2D eigenvalue weighted by Crippen LogP contribution is -2.23. The van der Waals surface area contributed by atoms with E-state index < -0.39 is 0 Å². The van der Waals surface area contributed by atoms with Crippen molar-refractivity contribution in [3.63, 3.8) is 0 Å². The number of hydrogen-bond donors (Lipinski definition) is 1. The van der Waals surface area contributed by atoms with Crippen LogP contribution in [0.25, 0.3) is 9.88 Å². The van der Waals surface area contributed by atoms with Gasteiger partial charge in [-0.15, -0.1) is 22.7 Å². The quantitative estimate of drug-likeness (QED) is 0.664. The summed E-state index contributed by atoms with van der Waals surface area (Å²) >= 11 is 3.05. The number of methoxy groups -OCH3 is 3. The number of carbonyl (C=O) groups excluding carboxylic acids is 1. The third-order valence-electron chi connectivity index (χ3n) is 3.69. The zero-order valence-corrected chi connectivity index (χ0v) is 16.2. The molecule has 2 aromatic heterocycles. The van der Waals surface area contributed by atoms with Crippen molar-refractivity contribution in [2.45, 2.75) is 6.54 Å². The number of hydrogen-bond acceptors (Lipinski definition) is 7. The van der Waals surface area contributed by atoms with Crippen LogP contribution in [0, 0.1) is 0 Å². The molecule has 0 bridgehead atoms. The SMILES string of the molecule is COc1cc(OC)c(OC)cc1CNC(=O)c1csc(-c2cccs2)n1. The predicted octanol–water partition coefficient (Wildman–Crippen LogP) is 3.83. The highest BCUT2D eigenvalue weighted by Crippen LogP contribution is 2.34. The molecule has 1 N–H and O–H groups in total. The molecular weight excluding hydrogens is 372 g/mol. The van der Waals surface area contributed by atoms with E-state index in [2.05, 4.69) is 10.3 Å². The Labute approximate surface area is 159 Å². The van der Waals surface area contributed by atoms with Gasteiger partial charge in [0, 0.05) is 23.6 Å². The van der Waals surface area contributed by atoms with Gasteiger partial charge in [-0.3, -0.25) is 4.79 Å². The Hall–Kier alpha value is -2.58. The average Bonchev–Trinajstić information content (AvgIpc) is 3.36. The predicted molar refractivity (Wildman–Crippen MR) is 103 cm³/mol. The van der Waals surface area contributed by atoms with E-state index in [-0.39, 0.29) is 12.5 Å². The van der Waals surface area contributed by atoms with Crippen LogP contribution >= 0.6 is 22.7 Å². The summed E-state index contributed by atoms with van der Waals surface area (Å²) in [6.45, 7) is 0.286. The van der Waals surface area contributed by atoms with E-state index in [9.17, 15) is 4.79 Å². The maximum atomic E-state index is 12.4. The molecule has 0 aliphatic heterocycles. The number of thiazole rings is 1. The van der Waals surface area contributed by atoms with Crippen molar-refractivity contribution >= 4 is 28.6 Å². The lowest BCUT2D eigenvalue weighted by Gasteiger charge is -2.14. The minimum absolute atomic E-state index is 0.235. The highest BCUT2D eigenvalue weighted by molar-refractivity contribution is 7.20. The van der Waals surface area contributed by atoms with Gasteiger partial charge >= 0.3 is 0 Å². The molecule has 0 saturated heterocycles. The van der Waals surface area contributed by atoms with Gasteiger partial charge in [-0.1, -0.05) is 6.07 Å². The standard InChI is InChI=1S/C18H18N2O4S2/c1-22-13-8-15(24-3)14(23-2)7-11(13)9-19-17(21)12-10-26-18(20-12)16-5-4-6-25-16/h4-8,10H,9H2,1-3H3,(H,19,21). The second kappa shape index (κ2) is 8.20. The van der Waals surface area contributed by atoms with Crippen molar-refractivity contribution in [1.82, 2.24) is 10.3 Å². The van der Waals surface area contributed by atoms with E-state index in [1.165, 1.54) is 11.3 Å². The summed E-state index contributed by atoms with van der Waals surface area (Å²) in [4.78, 5) is 17.9. The van der Waals surface area contributed by atoms with Crippen molar-refractivity contribution in [1.29, 1.82) is 0 Å². The Kier molecular flexibility index (Phi) is 5.75. The van der Waals surface area contributed by atoms with Crippen LogP contribution in [0.4, 0.5) is 0 Å². The smallest absolute Gasteiger partial charge is 0.271 e. The Morgan fingerprint density at radius 1 is 1.08 bits per heavy atom. The van der Waals surface area contributed by atoms with E-state index in [4.69, 9.17) is 14.2 Å². The number of rotatable bonds is 7. The largest absolute Gasteiger partial charge is 0.496 e. The number of thiophene rings is 1. The summed E-state index contributed by atoms with van der Waals surface area (Å²) in [5, 5.41) is 7.46. The first kappa shape index (κ1) is 18.2. The van der Waals surface area contributed by atoms with Crippen LogP contribution < -0.4 is 19.5 Å². The van der Waals surface area contributed by atoms with Gasteiger partial charge in [-0.25, -0.2) is 4.98 Å². The zero-order valence-electron chi connectivity index (χ0n) is 14.6. The molecule has 26 heavy (non-hydrogen) atoms. The lowest BCUT2D eigenvalue weighted by molar-refractivity contribution is 0.0946. The first-order chi connectivity index (χ1) is 12.7. The summed E-state index contributed by atoms with van der Waals surface area (Å²) in [6.07, 6.45) is 0. The number of ether oxygens (including phenoxy) is 3. The number of benzene rings is 1. The van der Waals surface area contributed by atoms with Gasteiger partial charge in [0.05, 0.1) is 26.2 Å². The van der Waals surface area contributed by atoms with Crippen LogP contribution in [-0.2, 0) is 6.54 Å². The fraction of sp³-hybridized carbons (Fsp3) is 0.222. The molecule has 2 heterocycles. The molecule has 6 nitrogen and oxygen atoms in total. The maximum Gasteiger partial charge on any atom is 0.271 e. The number of aromatic nitrogens is 1. The highest BCUT2D eigenvalue weighted by atomic mass is 32.1. The van der Waals surface area contributed by atoms with Crippen LogP contribution in [0.5, 0.6) is 17.2 Å². The maximum absolute atomic E-state index is 12.4. The van der Waals surface area contributed by atoms with Gasteiger partial charge in [0.1, 0.15) is 16.5 Å². The van der Waals surface area contributed by atoms with Crippen LogP contribution in [0.15, 0.2) is 35.0 Å². The fourth-order valence-corrected chi connectivity index (χ4v) is 4.00. The second-order valence-electron chi connectivity index (χ2n) is 5.22. The third-order valence-corrected chi connectivity index (χ3v) is 5.58. The van der Waals surface area contributed by atoms with E-state index >= 15 is 0 Å². The molecule has 8 heteroatoms. The van der Waals surface area contributed by atoms with Crippen LogP contribution in [0.2, 0.25) is 0 Å². The molecule has 0 unspecified atom stereocenters. The second-order valence-corrected chi connectivity index (χ2v) is 7.02. The third kappa shape index (κ3) is 3.81. The van der Waals surface area contributed by atoms with Crippen LogP contribution in [0.3, 0.4) is 0 Å². The van der Waals surface area contributed by atoms with E-state index in [1.54, 1.807) is 50.2 Å². The minimum atomic E-state index is -0.235. The zero-order chi connectivity index (χ0) is 18.5. The molecule has 0 spiro atoms. The Morgan fingerprint density at radius 3 is 2.46 bits per heavy atom. The number of nitrogens with zero attached hydrogens (tertiary/aromatic N) is 1. The first-order valence-corrected chi connectivity index (χ1v) is 9.48. The van der Waals surface area contributed by atoms with Crippen molar-refractivity contribution in [3.05, 3.63) is 46.3 Å².